The molecule has 8 heteroatoms. The van der Waals surface area contributed by atoms with E-state index < -0.39 is 11.9 Å². The predicted molar refractivity (Wildman–Crippen MR) is 125 cm³/mol. The van der Waals surface area contributed by atoms with Crippen LogP contribution in [0.1, 0.15) is 44.6 Å². The van der Waals surface area contributed by atoms with Gasteiger partial charge in [0.15, 0.2) is 16.9 Å². The van der Waals surface area contributed by atoms with Crippen molar-refractivity contribution in [3.05, 3.63) is 91.1 Å². The number of methoxy groups -OCH3 is 1. The van der Waals surface area contributed by atoms with Crippen molar-refractivity contribution in [2.45, 2.75) is 26.4 Å². The second kappa shape index (κ2) is 7.81. The summed E-state index contributed by atoms with van der Waals surface area (Å²) in [5, 5.41) is 10.7. The zero-order chi connectivity index (χ0) is 23.4. The van der Waals surface area contributed by atoms with Crippen LogP contribution in [-0.4, -0.2) is 23.0 Å². The molecule has 0 bridgehead atoms. The van der Waals surface area contributed by atoms with Gasteiger partial charge in [-0.15, -0.1) is 0 Å². The van der Waals surface area contributed by atoms with Gasteiger partial charge in [-0.2, -0.15) is 0 Å². The average molecular weight is 510 g/mol. The van der Waals surface area contributed by atoms with Gasteiger partial charge in [0.05, 0.1) is 41.4 Å². The van der Waals surface area contributed by atoms with Gasteiger partial charge in [0.2, 0.25) is 5.76 Å². The summed E-state index contributed by atoms with van der Waals surface area (Å²) in [6.45, 7) is 3.90. The molecule has 0 saturated heterocycles. The molecule has 0 fully saturated rings. The molecule has 4 aromatic rings. The second-order valence-electron chi connectivity index (χ2n) is 8.10. The molecule has 1 N–H and O–H groups in total. The lowest BCUT2D eigenvalue weighted by atomic mass is 9.97. The smallest absolute Gasteiger partial charge is 0.291 e. The van der Waals surface area contributed by atoms with Gasteiger partial charge in [-0.3, -0.25) is 9.59 Å². The lowest BCUT2D eigenvalue weighted by Crippen LogP contribution is -2.29. The first-order chi connectivity index (χ1) is 15.8. The van der Waals surface area contributed by atoms with Crippen LogP contribution in [0.4, 0.5) is 0 Å². The van der Waals surface area contributed by atoms with Gasteiger partial charge in [-0.05, 0) is 76.8 Å². The van der Waals surface area contributed by atoms with Crippen LogP contribution in [0.5, 0.6) is 11.5 Å². The fourth-order valence-electron chi connectivity index (χ4n) is 4.46. The standard InChI is InChI=1S/C25H20BrNO6/c1-12-7-13(2)23-16(8-12)21(28)19-20(14-9-17(26)22(29)18(10-14)31-3)27(25(30)24(19)33-23)11-15-5-4-6-32-15/h4-10,20,29H,11H2,1-3H3. The number of phenolic OH excluding ortho intramolecular Hbond substituents is 1. The first-order valence-corrected chi connectivity index (χ1v) is 11.1. The van der Waals surface area contributed by atoms with Crippen molar-refractivity contribution in [2.75, 3.05) is 7.11 Å². The molecule has 0 radical (unpaired) electrons. The van der Waals surface area contributed by atoms with Crippen molar-refractivity contribution in [1.29, 1.82) is 0 Å². The minimum atomic E-state index is -0.759. The topological polar surface area (TPSA) is 93.1 Å². The number of nitrogens with zero attached hydrogens (tertiary/aromatic N) is 1. The number of benzene rings is 2. The summed E-state index contributed by atoms with van der Waals surface area (Å²) in [6, 6.07) is 9.72. The SMILES string of the molecule is COc1cc(C2c3c(oc4c(C)cc(C)cc4c3=O)C(=O)N2Cc2ccco2)cc(Br)c1O. The van der Waals surface area contributed by atoms with Crippen molar-refractivity contribution in [3.63, 3.8) is 0 Å². The molecule has 5 rings (SSSR count). The maximum atomic E-state index is 13.8. The van der Waals surface area contributed by atoms with E-state index >= 15 is 0 Å². The molecule has 3 heterocycles. The Morgan fingerprint density at radius 2 is 1.97 bits per heavy atom. The summed E-state index contributed by atoms with van der Waals surface area (Å²) in [4.78, 5) is 28.8. The van der Waals surface area contributed by atoms with Crippen molar-refractivity contribution in [3.8, 4) is 11.5 Å². The van der Waals surface area contributed by atoms with E-state index in [4.69, 9.17) is 13.6 Å². The molecular formula is C25H20BrNO6. The quantitative estimate of drug-likeness (QED) is 0.405. The van der Waals surface area contributed by atoms with Crippen molar-refractivity contribution in [2.24, 2.45) is 0 Å². The number of aromatic hydroxyl groups is 1. The van der Waals surface area contributed by atoms with Crippen LogP contribution < -0.4 is 10.2 Å². The third-order valence-corrected chi connectivity index (χ3v) is 6.49. The summed E-state index contributed by atoms with van der Waals surface area (Å²) in [5.74, 6) is 0.318. The Labute approximate surface area is 197 Å². The predicted octanol–water partition coefficient (Wildman–Crippen LogP) is 5.22. The number of rotatable bonds is 4. The molecule has 0 saturated carbocycles. The van der Waals surface area contributed by atoms with Crippen molar-refractivity contribution in [1.82, 2.24) is 4.90 Å². The van der Waals surface area contributed by atoms with Crippen LogP contribution in [0.15, 0.2) is 60.8 Å². The molecule has 7 nitrogen and oxygen atoms in total. The molecule has 0 spiro atoms. The highest BCUT2D eigenvalue weighted by molar-refractivity contribution is 9.10. The van der Waals surface area contributed by atoms with Crippen LogP contribution in [0, 0.1) is 13.8 Å². The fourth-order valence-corrected chi connectivity index (χ4v) is 4.92. The number of hydrogen-bond donors (Lipinski definition) is 1. The van der Waals surface area contributed by atoms with E-state index in [-0.39, 0.29) is 34.8 Å². The lowest BCUT2D eigenvalue weighted by Gasteiger charge is -2.25. The van der Waals surface area contributed by atoms with Crippen LogP contribution in [0.2, 0.25) is 0 Å². The highest BCUT2D eigenvalue weighted by Gasteiger charge is 2.43. The van der Waals surface area contributed by atoms with E-state index in [1.165, 1.54) is 18.3 Å². The second-order valence-corrected chi connectivity index (χ2v) is 8.96. The van der Waals surface area contributed by atoms with Crippen LogP contribution >= 0.6 is 15.9 Å². The molecule has 1 amide bonds. The fraction of sp³-hybridized carbons (Fsp3) is 0.200. The molecule has 168 valence electrons. The monoisotopic (exact) mass is 509 g/mol. The highest BCUT2D eigenvalue weighted by atomic mass is 79.9. The number of fused-ring (bicyclic) bond motifs is 2. The summed E-state index contributed by atoms with van der Waals surface area (Å²) in [5.41, 5.74) is 2.69. The summed E-state index contributed by atoms with van der Waals surface area (Å²) in [6.07, 6.45) is 1.53. The Morgan fingerprint density at radius 1 is 1.18 bits per heavy atom. The normalized spacial score (nSPS) is 15.3. The number of halogens is 1. The van der Waals surface area contributed by atoms with Gasteiger partial charge >= 0.3 is 0 Å². The Balaban J connectivity index is 1.80. The van der Waals surface area contributed by atoms with Gasteiger partial charge in [0.25, 0.3) is 5.91 Å². The van der Waals surface area contributed by atoms with Gasteiger partial charge in [0.1, 0.15) is 11.3 Å². The van der Waals surface area contributed by atoms with Crippen LogP contribution in [-0.2, 0) is 6.54 Å². The number of phenols is 1. The Hall–Kier alpha value is -3.52. The maximum absolute atomic E-state index is 13.8. The molecule has 2 aromatic heterocycles. The van der Waals surface area contributed by atoms with Gasteiger partial charge in [-0.1, -0.05) is 6.07 Å². The Kier molecular flexibility index (Phi) is 5.05. The molecular weight excluding hydrogens is 490 g/mol. The zero-order valence-corrected chi connectivity index (χ0v) is 19.7. The number of furan rings is 1. The number of hydrogen-bond acceptors (Lipinski definition) is 6. The van der Waals surface area contributed by atoms with E-state index in [0.29, 0.717) is 26.8 Å². The lowest BCUT2D eigenvalue weighted by molar-refractivity contribution is 0.0701. The molecule has 1 aliphatic rings. The summed E-state index contributed by atoms with van der Waals surface area (Å²) >= 11 is 3.34. The van der Waals surface area contributed by atoms with E-state index in [0.717, 1.165) is 11.1 Å². The Morgan fingerprint density at radius 3 is 2.67 bits per heavy atom. The number of amides is 1. The third-order valence-electron chi connectivity index (χ3n) is 5.89. The Bertz CT molecular complexity index is 1470. The summed E-state index contributed by atoms with van der Waals surface area (Å²) in [7, 11) is 1.44. The number of carbonyl (C=O) groups excluding carboxylic acids is 1. The van der Waals surface area contributed by atoms with Gasteiger partial charge in [-0.25, -0.2) is 0 Å². The molecule has 1 aliphatic heterocycles. The van der Waals surface area contributed by atoms with Crippen molar-refractivity contribution >= 4 is 32.8 Å². The highest BCUT2D eigenvalue weighted by Crippen LogP contribution is 2.44. The van der Waals surface area contributed by atoms with Crippen LogP contribution in [0.25, 0.3) is 11.0 Å². The van der Waals surface area contributed by atoms with E-state index in [1.807, 2.05) is 19.9 Å². The third kappa shape index (κ3) is 3.33. The number of aryl methyl sites for hydroxylation is 2. The van der Waals surface area contributed by atoms with Gasteiger partial charge in [0, 0.05) is 0 Å². The van der Waals surface area contributed by atoms with Gasteiger partial charge < -0.3 is 23.6 Å². The maximum Gasteiger partial charge on any atom is 0.291 e. The minimum absolute atomic E-state index is 0.0131. The van der Waals surface area contributed by atoms with E-state index in [2.05, 4.69) is 15.9 Å². The number of carbonyl (C=O) groups is 1. The largest absolute Gasteiger partial charge is 0.503 e. The minimum Gasteiger partial charge on any atom is -0.503 e. The van der Waals surface area contributed by atoms with Crippen LogP contribution in [0.3, 0.4) is 0 Å². The first-order valence-electron chi connectivity index (χ1n) is 10.3. The average Bonchev–Trinajstić information content (AvgIpc) is 3.38. The zero-order valence-electron chi connectivity index (χ0n) is 18.1. The van der Waals surface area contributed by atoms with E-state index in [9.17, 15) is 14.7 Å². The molecule has 33 heavy (non-hydrogen) atoms. The first kappa shape index (κ1) is 21.3. The van der Waals surface area contributed by atoms with Crippen molar-refractivity contribution < 1.29 is 23.5 Å². The number of ether oxygens (including phenoxy) is 1. The molecule has 0 aliphatic carbocycles. The van der Waals surface area contributed by atoms with E-state index in [1.54, 1.807) is 30.3 Å². The molecule has 1 unspecified atom stereocenters. The molecule has 2 aromatic carbocycles. The molecule has 1 atom stereocenters. The summed E-state index contributed by atoms with van der Waals surface area (Å²) < 4.78 is 17.3.